The molecule has 2 saturated carbocycles. The molecule has 0 heterocycles. The van der Waals surface area contributed by atoms with Gasteiger partial charge in [-0.05, 0) is 25.0 Å². The van der Waals surface area contributed by atoms with Gasteiger partial charge in [0.25, 0.3) is 0 Å². The number of hydrogen-bond donors (Lipinski definition) is 0. The Morgan fingerprint density at radius 1 is 1.10 bits per heavy atom. The second-order valence-electron chi connectivity index (χ2n) is 7.21. The molecule has 4 aliphatic carbocycles. The van der Waals surface area contributed by atoms with Crippen molar-refractivity contribution in [1.82, 2.24) is 0 Å². The van der Waals surface area contributed by atoms with Crippen LogP contribution in [-0.4, -0.2) is 5.78 Å². The van der Waals surface area contributed by atoms with Crippen LogP contribution < -0.4 is 0 Å². The first-order valence-electron chi connectivity index (χ1n) is 7.39. The molecule has 2 fully saturated rings. The van der Waals surface area contributed by atoms with E-state index < -0.39 is 0 Å². The van der Waals surface area contributed by atoms with E-state index in [1.165, 1.54) is 16.7 Å². The van der Waals surface area contributed by atoms with Crippen LogP contribution in [0.25, 0.3) is 6.08 Å². The third-order valence-electron chi connectivity index (χ3n) is 6.45. The van der Waals surface area contributed by atoms with E-state index in [2.05, 4.69) is 64.1 Å². The van der Waals surface area contributed by atoms with E-state index in [0.717, 1.165) is 0 Å². The average Bonchev–Trinajstić information content (AvgIpc) is 2.85. The molecule has 0 aliphatic heterocycles. The molecule has 0 saturated heterocycles. The Morgan fingerprint density at radius 2 is 1.75 bits per heavy atom. The van der Waals surface area contributed by atoms with Crippen molar-refractivity contribution in [2.24, 2.45) is 22.2 Å². The van der Waals surface area contributed by atoms with Crippen molar-refractivity contribution in [2.45, 2.75) is 27.7 Å². The Kier molecular flexibility index (Phi) is 1.92. The second-order valence-corrected chi connectivity index (χ2v) is 7.21. The quantitative estimate of drug-likeness (QED) is 0.693. The monoisotopic (exact) mass is 264 g/mol. The van der Waals surface area contributed by atoms with Gasteiger partial charge in [-0.1, -0.05) is 61.9 Å². The third-order valence-corrected chi connectivity index (χ3v) is 6.45. The zero-order valence-electron chi connectivity index (χ0n) is 12.5. The molecule has 0 aromatic heterocycles. The fraction of sp³-hybridized carbons (Fsp3) is 0.421. The number of carbonyl (C=O) groups is 1. The number of hydrogen-bond acceptors (Lipinski definition) is 1. The van der Waals surface area contributed by atoms with Crippen LogP contribution in [-0.2, 0) is 4.79 Å². The summed E-state index contributed by atoms with van der Waals surface area (Å²) in [4.78, 5) is 13.0. The maximum absolute atomic E-state index is 13.0. The predicted octanol–water partition coefficient (Wildman–Crippen LogP) is 4.26. The molecular formula is C19H20O. The standard InChI is InChI=1S/C19H20O/c1-12-11-17(2)15-14(10-13-8-6-5-7-9-13)18(12,3)16(20)19(15,17)4/h5-11,15H,1-4H3/b14-10+. The molecular weight excluding hydrogens is 244 g/mol. The van der Waals surface area contributed by atoms with Crippen LogP contribution in [0.1, 0.15) is 33.3 Å². The third kappa shape index (κ3) is 0.994. The molecule has 20 heavy (non-hydrogen) atoms. The Labute approximate surface area is 120 Å². The average molecular weight is 264 g/mol. The molecule has 1 heteroatoms. The van der Waals surface area contributed by atoms with E-state index in [4.69, 9.17) is 0 Å². The minimum Gasteiger partial charge on any atom is -0.298 e. The molecule has 1 aromatic carbocycles. The highest BCUT2D eigenvalue weighted by Crippen LogP contribution is 2.85. The first-order valence-corrected chi connectivity index (χ1v) is 7.39. The van der Waals surface area contributed by atoms with Crippen molar-refractivity contribution < 1.29 is 4.79 Å². The summed E-state index contributed by atoms with van der Waals surface area (Å²) in [5, 5.41) is 0. The van der Waals surface area contributed by atoms with Gasteiger partial charge >= 0.3 is 0 Å². The highest BCUT2D eigenvalue weighted by molar-refractivity contribution is 6.07. The Balaban J connectivity index is 1.95. The molecule has 4 unspecified atom stereocenters. The van der Waals surface area contributed by atoms with E-state index in [1.54, 1.807) is 0 Å². The number of rotatable bonds is 1. The molecule has 0 radical (unpaired) electrons. The summed E-state index contributed by atoms with van der Waals surface area (Å²) in [6.07, 6.45) is 4.62. The van der Waals surface area contributed by atoms with Crippen molar-refractivity contribution >= 4 is 11.9 Å². The number of allylic oxidation sites excluding steroid dienone is 3. The van der Waals surface area contributed by atoms with Gasteiger partial charge in [0.15, 0.2) is 5.78 Å². The topological polar surface area (TPSA) is 17.1 Å². The maximum Gasteiger partial charge on any atom is 0.154 e. The van der Waals surface area contributed by atoms with Gasteiger partial charge in [-0.15, -0.1) is 0 Å². The number of ketones is 1. The summed E-state index contributed by atoms with van der Waals surface area (Å²) >= 11 is 0. The maximum atomic E-state index is 13.0. The van der Waals surface area contributed by atoms with Gasteiger partial charge in [0, 0.05) is 16.7 Å². The molecule has 0 spiro atoms. The largest absolute Gasteiger partial charge is 0.298 e. The Bertz CT molecular complexity index is 696. The van der Waals surface area contributed by atoms with Crippen LogP contribution in [0.3, 0.4) is 0 Å². The van der Waals surface area contributed by atoms with Crippen molar-refractivity contribution in [2.75, 3.05) is 0 Å². The second kappa shape index (κ2) is 3.16. The first kappa shape index (κ1) is 12.1. The summed E-state index contributed by atoms with van der Waals surface area (Å²) < 4.78 is 0. The summed E-state index contributed by atoms with van der Waals surface area (Å²) in [7, 11) is 0. The minimum atomic E-state index is -0.368. The van der Waals surface area contributed by atoms with Crippen LogP contribution in [0.5, 0.6) is 0 Å². The lowest BCUT2D eigenvalue weighted by Gasteiger charge is -2.39. The molecule has 4 atom stereocenters. The Hall–Kier alpha value is -1.63. The van der Waals surface area contributed by atoms with E-state index in [-0.39, 0.29) is 16.2 Å². The number of benzene rings is 1. The van der Waals surface area contributed by atoms with Crippen molar-refractivity contribution in [3.63, 3.8) is 0 Å². The predicted molar refractivity (Wildman–Crippen MR) is 81.0 cm³/mol. The van der Waals surface area contributed by atoms with Crippen LogP contribution in [0.15, 0.2) is 47.6 Å². The molecule has 4 bridgehead atoms. The van der Waals surface area contributed by atoms with Gasteiger partial charge in [0.05, 0.1) is 5.41 Å². The van der Waals surface area contributed by atoms with Gasteiger partial charge in [0.2, 0.25) is 0 Å². The summed E-state index contributed by atoms with van der Waals surface area (Å²) in [5.41, 5.74) is 3.29. The Morgan fingerprint density at radius 3 is 2.40 bits per heavy atom. The van der Waals surface area contributed by atoms with Gasteiger partial charge in [-0.25, -0.2) is 0 Å². The van der Waals surface area contributed by atoms with Gasteiger partial charge in [-0.2, -0.15) is 0 Å². The molecule has 5 rings (SSSR count). The lowest BCUT2D eigenvalue weighted by molar-refractivity contribution is -0.129. The summed E-state index contributed by atoms with van der Waals surface area (Å²) in [6.45, 7) is 8.65. The van der Waals surface area contributed by atoms with E-state index in [0.29, 0.717) is 11.7 Å². The minimum absolute atomic E-state index is 0.0482. The van der Waals surface area contributed by atoms with Crippen LogP contribution >= 0.6 is 0 Å². The van der Waals surface area contributed by atoms with Gasteiger partial charge in [0.1, 0.15) is 0 Å². The molecule has 4 aliphatic rings. The van der Waals surface area contributed by atoms with Crippen LogP contribution in [0.4, 0.5) is 0 Å². The van der Waals surface area contributed by atoms with Crippen molar-refractivity contribution in [3.05, 3.63) is 53.1 Å². The molecule has 1 aromatic rings. The molecule has 0 N–H and O–H groups in total. The van der Waals surface area contributed by atoms with E-state index in [9.17, 15) is 4.79 Å². The highest BCUT2D eigenvalue weighted by atomic mass is 16.1. The normalized spacial score (nSPS) is 46.6. The summed E-state index contributed by atoms with van der Waals surface area (Å²) in [5.74, 6) is 0.830. The van der Waals surface area contributed by atoms with Crippen molar-refractivity contribution in [3.8, 4) is 0 Å². The van der Waals surface area contributed by atoms with E-state index in [1.807, 2.05) is 6.07 Å². The zero-order chi connectivity index (χ0) is 14.3. The smallest absolute Gasteiger partial charge is 0.154 e. The zero-order valence-corrected chi connectivity index (χ0v) is 12.5. The SMILES string of the molecule is CC1=CC2(C)C3/C(=C\c4ccccc4)C1(C)C(=O)C32C. The van der Waals surface area contributed by atoms with Crippen molar-refractivity contribution in [1.29, 1.82) is 0 Å². The molecule has 102 valence electrons. The van der Waals surface area contributed by atoms with Crippen LogP contribution in [0, 0.1) is 22.2 Å². The lowest BCUT2D eigenvalue weighted by atomic mass is 9.63. The molecule has 0 amide bonds. The van der Waals surface area contributed by atoms with Crippen LogP contribution in [0.2, 0.25) is 0 Å². The molecule has 1 nitrogen and oxygen atoms in total. The number of carbonyl (C=O) groups excluding carboxylic acids is 1. The lowest BCUT2D eigenvalue weighted by Crippen LogP contribution is -2.39. The fourth-order valence-electron chi connectivity index (χ4n) is 4.97. The van der Waals surface area contributed by atoms with E-state index >= 15 is 0 Å². The fourth-order valence-corrected chi connectivity index (χ4v) is 4.97. The first-order chi connectivity index (χ1) is 9.36. The van der Waals surface area contributed by atoms with Gasteiger partial charge < -0.3 is 0 Å². The highest BCUT2D eigenvalue weighted by Gasteiger charge is 2.85. The summed E-state index contributed by atoms with van der Waals surface area (Å²) in [6, 6.07) is 10.4. The number of Topliss-reactive ketones (excluding diaryl/α,β-unsaturated/α-hetero) is 1. The van der Waals surface area contributed by atoms with Gasteiger partial charge in [-0.3, -0.25) is 4.79 Å².